The standard InChI is InChI=1S/C12H13ClN2/c13-12-3-1-10(2-4-12)7-15-9-11-5-6-14-8-11/h1-6,8,14-15H,7,9H2. The van der Waals surface area contributed by atoms with E-state index >= 15 is 0 Å². The van der Waals surface area contributed by atoms with Gasteiger partial charge in [-0.15, -0.1) is 0 Å². The van der Waals surface area contributed by atoms with Crippen molar-refractivity contribution in [2.24, 2.45) is 0 Å². The second-order valence-electron chi connectivity index (χ2n) is 3.45. The van der Waals surface area contributed by atoms with Crippen LogP contribution in [0.5, 0.6) is 0 Å². The van der Waals surface area contributed by atoms with Crippen molar-refractivity contribution in [3.8, 4) is 0 Å². The molecule has 0 saturated carbocycles. The van der Waals surface area contributed by atoms with Gasteiger partial charge in [0.25, 0.3) is 0 Å². The zero-order valence-corrected chi connectivity index (χ0v) is 9.09. The molecule has 0 fully saturated rings. The Balaban J connectivity index is 1.81. The first-order chi connectivity index (χ1) is 7.34. The van der Waals surface area contributed by atoms with Gasteiger partial charge in [0.2, 0.25) is 0 Å². The summed E-state index contributed by atoms with van der Waals surface area (Å²) in [5.41, 5.74) is 2.51. The van der Waals surface area contributed by atoms with Crippen LogP contribution in [0.4, 0.5) is 0 Å². The number of halogens is 1. The third kappa shape index (κ3) is 3.11. The molecular formula is C12H13ClN2. The lowest BCUT2D eigenvalue weighted by atomic mass is 10.2. The van der Waals surface area contributed by atoms with E-state index in [1.165, 1.54) is 11.1 Å². The van der Waals surface area contributed by atoms with E-state index in [9.17, 15) is 0 Å². The number of aromatic nitrogens is 1. The van der Waals surface area contributed by atoms with Crippen LogP contribution in [0.3, 0.4) is 0 Å². The van der Waals surface area contributed by atoms with E-state index in [0.29, 0.717) is 0 Å². The first kappa shape index (κ1) is 10.3. The van der Waals surface area contributed by atoms with E-state index in [4.69, 9.17) is 11.6 Å². The van der Waals surface area contributed by atoms with Crippen LogP contribution in [0.15, 0.2) is 42.7 Å². The largest absolute Gasteiger partial charge is 0.367 e. The summed E-state index contributed by atoms with van der Waals surface area (Å²) in [7, 11) is 0. The number of aromatic amines is 1. The Morgan fingerprint density at radius 2 is 1.73 bits per heavy atom. The summed E-state index contributed by atoms with van der Waals surface area (Å²) in [6.07, 6.45) is 3.92. The third-order valence-electron chi connectivity index (χ3n) is 2.23. The molecule has 2 aromatic rings. The van der Waals surface area contributed by atoms with Gasteiger partial charge in [0.15, 0.2) is 0 Å². The summed E-state index contributed by atoms with van der Waals surface area (Å²) >= 11 is 5.80. The summed E-state index contributed by atoms with van der Waals surface area (Å²) in [5, 5.41) is 4.14. The summed E-state index contributed by atoms with van der Waals surface area (Å²) in [6.45, 7) is 1.74. The maximum atomic E-state index is 5.80. The molecule has 2 N–H and O–H groups in total. The fourth-order valence-electron chi connectivity index (χ4n) is 1.42. The van der Waals surface area contributed by atoms with E-state index in [0.717, 1.165) is 18.1 Å². The Labute approximate surface area is 94.3 Å². The molecule has 15 heavy (non-hydrogen) atoms. The highest BCUT2D eigenvalue weighted by Gasteiger charge is 1.94. The Morgan fingerprint density at radius 3 is 2.40 bits per heavy atom. The number of hydrogen-bond donors (Lipinski definition) is 2. The Bertz CT molecular complexity index is 392. The molecular weight excluding hydrogens is 208 g/mol. The maximum absolute atomic E-state index is 5.80. The van der Waals surface area contributed by atoms with Crippen LogP contribution in [-0.4, -0.2) is 4.98 Å². The summed E-state index contributed by atoms with van der Waals surface area (Å²) in [4.78, 5) is 3.03. The van der Waals surface area contributed by atoms with Gasteiger partial charge >= 0.3 is 0 Å². The van der Waals surface area contributed by atoms with E-state index in [2.05, 4.69) is 16.4 Å². The van der Waals surface area contributed by atoms with Crippen molar-refractivity contribution in [1.82, 2.24) is 10.3 Å². The van der Waals surface area contributed by atoms with Crippen molar-refractivity contribution >= 4 is 11.6 Å². The van der Waals surface area contributed by atoms with Gasteiger partial charge in [-0.05, 0) is 29.3 Å². The maximum Gasteiger partial charge on any atom is 0.0406 e. The van der Waals surface area contributed by atoms with Gasteiger partial charge in [0, 0.05) is 30.5 Å². The minimum absolute atomic E-state index is 0.782. The lowest BCUT2D eigenvalue weighted by Gasteiger charge is -2.03. The fraction of sp³-hybridized carbons (Fsp3) is 0.167. The van der Waals surface area contributed by atoms with E-state index in [1.54, 1.807) is 0 Å². The highest BCUT2D eigenvalue weighted by molar-refractivity contribution is 6.30. The van der Waals surface area contributed by atoms with Crippen LogP contribution in [0.2, 0.25) is 5.02 Å². The highest BCUT2D eigenvalue weighted by Crippen LogP contribution is 2.09. The first-order valence-electron chi connectivity index (χ1n) is 4.91. The number of benzene rings is 1. The van der Waals surface area contributed by atoms with Crippen LogP contribution in [0.25, 0.3) is 0 Å². The highest BCUT2D eigenvalue weighted by atomic mass is 35.5. The van der Waals surface area contributed by atoms with Crippen LogP contribution in [0, 0.1) is 0 Å². The third-order valence-corrected chi connectivity index (χ3v) is 2.49. The molecule has 1 aromatic heterocycles. The summed E-state index contributed by atoms with van der Waals surface area (Å²) in [5.74, 6) is 0. The van der Waals surface area contributed by atoms with Gasteiger partial charge in [-0.1, -0.05) is 23.7 Å². The molecule has 0 spiro atoms. The lowest BCUT2D eigenvalue weighted by Crippen LogP contribution is -2.11. The van der Waals surface area contributed by atoms with E-state index in [-0.39, 0.29) is 0 Å². The zero-order valence-electron chi connectivity index (χ0n) is 8.33. The molecule has 0 saturated heterocycles. The van der Waals surface area contributed by atoms with Gasteiger partial charge in [-0.25, -0.2) is 0 Å². The predicted molar refractivity (Wildman–Crippen MR) is 62.8 cm³/mol. The van der Waals surface area contributed by atoms with Gasteiger partial charge < -0.3 is 10.3 Å². The van der Waals surface area contributed by atoms with Gasteiger partial charge in [-0.2, -0.15) is 0 Å². The smallest absolute Gasteiger partial charge is 0.0406 e. The molecule has 1 aromatic carbocycles. The normalized spacial score (nSPS) is 10.5. The van der Waals surface area contributed by atoms with E-state index in [1.807, 2.05) is 36.7 Å². The fourth-order valence-corrected chi connectivity index (χ4v) is 1.55. The van der Waals surface area contributed by atoms with Crippen molar-refractivity contribution in [2.45, 2.75) is 13.1 Å². The molecule has 78 valence electrons. The van der Waals surface area contributed by atoms with Crippen molar-refractivity contribution in [1.29, 1.82) is 0 Å². The molecule has 0 bridgehead atoms. The van der Waals surface area contributed by atoms with Gasteiger partial charge in [-0.3, -0.25) is 0 Å². The second kappa shape index (κ2) is 5.01. The molecule has 0 radical (unpaired) electrons. The second-order valence-corrected chi connectivity index (χ2v) is 3.89. The van der Waals surface area contributed by atoms with Crippen LogP contribution in [-0.2, 0) is 13.1 Å². The molecule has 2 nitrogen and oxygen atoms in total. The Kier molecular flexibility index (Phi) is 3.43. The number of H-pyrrole nitrogens is 1. The van der Waals surface area contributed by atoms with Gasteiger partial charge in [0.1, 0.15) is 0 Å². The molecule has 2 rings (SSSR count). The average molecular weight is 221 g/mol. The SMILES string of the molecule is Clc1ccc(CNCc2cc[nH]c2)cc1. The molecule has 0 amide bonds. The molecule has 0 unspecified atom stereocenters. The number of hydrogen-bond acceptors (Lipinski definition) is 1. The van der Waals surface area contributed by atoms with E-state index < -0.39 is 0 Å². The Hall–Kier alpha value is -1.25. The number of nitrogens with one attached hydrogen (secondary N) is 2. The van der Waals surface area contributed by atoms with Crippen LogP contribution in [0.1, 0.15) is 11.1 Å². The zero-order chi connectivity index (χ0) is 10.5. The van der Waals surface area contributed by atoms with Crippen molar-refractivity contribution < 1.29 is 0 Å². The minimum atomic E-state index is 0.782. The molecule has 3 heteroatoms. The molecule has 0 atom stereocenters. The molecule has 0 aliphatic carbocycles. The van der Waals surface area contributed by atoms with Crippen molar-refractivity contribution in [3.05, 3.63) is 58.9 Å². The monoisotopic (exact) mass is 220 g/mol. The molecule has 0 aliphatic rings. The topological polar surface area (TPSA) is 27.8 Å². The predicted octanol–water partition coefficient (Wildman–Crippen LogP) is 2.96. The van der Waals surface area contributed by atoms with Crippen molar-refractivity contribution in [2.75, 3.05) is 0 Å². The van der Waals surface area contributed by atoms with Crippen LogP contribution >= 0.6 is 11.6 Å². The minimum Gasteiger partial charge on any atom is -0.367 e. The average Bonchev–Trinajstić information content (AvgIpc) is 2.74. The Morgan fingerprint density at radius 1 is 1.00 bits per heavy atom. The number of rotatable bonds is 4. The quantitative estimate of drug-likeness (QED) is 0.815. The molecule has 0 aliphatic heterocycles. The molecule has 1 heterocycles. The lowest BCUT2D eigenvalue weighted by molar-refractivity contribution is 0.694. The van der Waals surface area contributed by atoms with Crippen molar-refractivity contribution in [3.63, 3.8) is 0 Å². The summed E-state index contributed by atoms with van der Waals surface area (Å²) < 4.78 is 0. The first-order valence-corrected chi connectivity index (χ1v) is 5.29. The van der Waals surface area contributed by atoms with Crippen LogP contribution < -0.4 is 5.32 Å². The summed E-state index contributed by atoms with van der Waals surface area (Å²) in [6, 6.07) is 9.96. The van der Waals surface area contributed by atoms with Gasteiger partial charge in [0.05, 0.1) is 0 Å².